The number of nitrogens with zero attached hydrogens (tertiary/aromatic N) is 4. The van der Waals surface area contributed by atoms with Crippen LogP contribution in [-0.4, -0.2) is 44.8 Å². The van der Waals surface area contributed by atoms with Crippen molar-refractivity contribution < 1.29 is 18.0 Å². The number of carbonyl (C=O) groups is 1. The van der Waals surface area contributed by atoms with Crippen molar-refractivity contribution in [1.29, 1.82) is 0 Å². The highest BCUT2D eigenvalue weighted by Gasteiger charge is 2.37. The maximum atomic E-state index is 13.5. The third kappa shape index (κ3) is 4.95. The summed E-state index contributed by atoms with van der Waals surface area (Å²) >= 11 is 0. The second-order valence-electron chi connectivity index (χ2n) is 10.6. The van der Waals surface area contributed by atoms with Gasteiger partial charge >= 0.3 is 6.18 Å². The van der Waals surface area contributed by atoms with Crippen LogP contribution >= 0.6 is 0 Å². The normalized spacial score (nSPS) is 15.7. The second-order valence-corrected chi connectivity index (χ2v) is 10.6. The number of rotatable bonds is 4. The van der Waals surface area contributed by atoms with E-state index in [0.29, 0.717) is 16.7 Å². The molecular formula is C22H31F3N4O. The minimum absolute atomic E-state index is 0.000374. The van der Waals surface area contributed by atoms with Crippen LogP contribution in [0, 0.1) is 12.3 Å². The second kappa shape index (κ2) is 7.24. The summed E-state index contributed by atoms with van der Waals surface area (Å²) in [6.45, 7) is 11.9. The van der Waals surface area contributed by atoms with E-state index in [9.17, 15) is 18.0 Å². The number of halogens is 3. The Morgan fingerprint density at radius 1 is 1.13 bits per heavy atom. The first-order chi connectivity index (χ1) is 13.6. The molecule has 0 bridgehead atoms. The lowest BCUT2D eigenvalue weighted by molar-refractivity contribution is -0.142. The number of aryl methyl sites for hydroxylation is 1. The summed E-state index contributed by atoms with van der Waals surface area (Å²) in [7, 11) is 0. The molecule has 0 aliphatic heterocycles. The predicted molar refractivity (Wildman–Crippen MR) is 111 cm³/mol. The van der Waals surface area contributed by atoms with E-state index in [1.807, 2.05) is 41.5 Å². The Kier molecular flexibility index (Phi) is 5.44. The van der Waals surface area contributed by atoms with Gasteiger partial charge in [-0.3, -0.25) is 4.79 Å². The molecule has 2 aromatic rings. The first kappa shape index (κ1) is 22.6. The van der Waals surface area contributed by atoms with Crippen molar-refractivity contribution in [2.45, 2.75) is 78.9 Å². The molecule has 0 atom stereocenters. The van der Waals surface area contributed by atoms with Crippen LogP contribution in [0.25, 0.3) is 11.0 Å². The third-order valence-corrected chi connectivity index (χ3v) is 5.02. The summed E-state index contributed by atoms with van der Waals surface area (Å²) in [6.07, 6.45) is -2.52. The van der Waals surface area contributed by atoms with Gasteiger partial charge in [0.2, 0.25) is 0 Å². The molecule has 30 heavy (non-hydrogen) atoms. The fraction of sp³-hybridized carbons (Fsp3) is 0.682. The smallest absolute Gasteiger partial charge is 0.329 e. The van der Waals surface area contributed by atoms with Crippen molar-refractivity contribution in [1.82, 2.24) is 19.7 Å². The van der Waals surface area contributed by atoms with Gasteiger partial charge in [-0.1, -0.05) is 20.8 Å². The molecule has 0 saturated heterocycles. The van der Waals surface area contributed by atoms with E-state index >= 15 is 0 Å². The molecule has 0 spiro atoms. The van der Waals surface area contributed by atoms with Crippen LogP contribution in [0.4, 0.5) is 13.2 Å². The topological polar surface area (TPSA) is 51.0 Å². The first-order valence-corrected chi connectivity index (χ1v) is 10.3. The quantitative estimate of drug-likeness (QED) is 0.658. The maximum absolute atomic E-state index is 13.5. The van der Waals surface area contributed by atoms with Crippen LogP contribution in [0.2, 0.25) is 0 Å². The van der Waals surface area contributed by atoms with Crippen molar-refractivity contribution in [2.24, 2.45) is 5.41 Å². The number of hydrogen-bond acceptors (Lipinski definition) is 3. The van der Waals surface area contributed by atoms with Gasteiger partial charge in [0.15, 0.2) is 5.65 Å². The van der Waals surface area contributed by atoms with Crippen LogP contribution in [-0.2, 0) is 5.54 Å². The monoisotopic (exact) mass is 424 g/mol. The summed E-state index contributed by atoms with van der Waals surface area (Å²) in [5.41, 5.74) is 1.34. The van der Waals surface area contributed by atoms with Crippen LogP contribution in [0.3, 0.4) is 0 Å². The average Bonchev–Trinajstić information content (AvgIpc) is 3.33. The molecule has 3 rings (SSSR count). The largest absolute Gasteiger partial charge is 0.406 e. The molecule has 1 amide bonds. The molecule has 2 heterocycles. The number of hydrogen-bond donors (Lipinski definition) is 0. The van der Waals surface area contributed by atoms with Gasteiger partial charge in [0, 0.05) is 18.2 Å². The third-order valence-electron chi connectivity index (χ3n) is 5.02. The molecule has 5 nitrogen and oxygen atoms in total. The van der Waals surface area contributed by atoms with Gasteiger partial charge in [0.05, 0.1) is 22.2 Å². The van der Waals surface area contributed by atoms with E-state index in [1.165, 1.54) is 0 Å². The molecule has 0 aromatic carbocycles. The fourth-order valence-corrected chi connectivity index (χ4v) is 3.69. The van der Waals surface area contributed by atoms with Crippen LogP contribution < -0.4 is 0 Å². The molecule has 0 N–H and O–H groups in total. The van der Waals surface area contributed by atoms with Crippen LogP contribution in [0.5, 0.6) is 0 Å². The fourth-order valence-electron chi connectivity index (χ4n) is 3.69. The minimum atomic E-state index is -4.48. The highest BCUT2D eigenvalue weighted by molar-refractivity contribution is 6.06. The van der Waals surface area contributed by atoms with Crippen molar-refractivity contribution in [2.75, 3.05) is 13.1 Å². The molecule has 8 heteroatoms. The molecule has 1 fully saturated rings. The van der Waals surface area contributed by atoms with Crippen LogP contribution in [0.15, 0.2) is 6.07 Å². The number of carbonyl (C=O) groups excluding carboxylic acids is 1. The molecular weight excluding hydrogens is 393 g/mol. The standard InChI is InChI=1S/C22H31F3N4O/c1-13-17-15(19(30)28(11-20(2,3)4)12-22(23,24)25)10-16(14-8-9-14)26-18(17)29(27-13)21(5,6)7/h10,14H,8-9,11-12H2,1-7H3. The van der Waals surface area contributed by atoms with Gasteiger partial charge in [-0.15, -0.1) is 0 Å². The zero-order chi connectivity index (χ0) is 22.6. The van der Waals surface area contributed by atoms with E-state index < -0.39 is 24.0 Å². The molecule has 1 saturated carbocycles. The van der Waals surface area contributed by atoms with E-state index in [2.05, 4.69) is 5.10 Å². The summed E-state index contributed by atoms with van der Waals surface area (Å²) in [4.78, 5) is 19.2. The number of pyridine rings is 1. The lowest BCUT2D eigenvalue weighted by atomic mass is 9.95. The van der Waals surface area contributed by atoms with E-state index in [4.69, 9.17) is 4.98 Å². The highest BCUT2D eigenvalue weighted by atomic mass is 19.4. The molecule has 1 aliphatic carbocycles. The molecule has 166 valence electrons. The molecule has 2 aromatic heterocycles. The summed E-state index contributed by atoms with van der Waals surface area (Å²) in [5.74, 6) is -0.364. The van der Waals surface area contributed by atoms with E-state index in [1.54, 1.807) is 17.7 Å². The SMILES string of the molecule is Cc1nn(C(C)(C)C)c2nc(C3CC3)cc(C(=O)N(CC(C)(C)C)CC(F)(F)F)c12. The maximum Gasteiger partial charge on any atom is 0.406 e. The first-order valence-electron chi connectivity index (χ1n) is 10.3. The van der Waals surface area contributed by atoms with Gasteiger partial charge in [0.1, 0.15) is 6.54 Å². The van der Waals surface area contributed by atoms with Crippen LogP contribution in [0.1, 0.15) is 82.0 Å². The molecule has 0 unspecified atom stereocenters. The number of aromatic nitrogens is 3. The summed E-state index contributed by atoms with van der Waals surface area (Å²) in [6, 6.07) is 1.69. The van der Waals surface area contributed by atoms with Gasteiger partial charge in [0.25, 0.3) is 5.91 Å². The minimum Gasteiger partial charge on any atom is -0.329 e. The molecule has 0 radical (unpaired) electrons. The zero-order valence-electron chi connectivity index (χ0n) is 18.8. The van der Waals surface area contributed by atoms with Crippen molar-refractivity contribution in [3.8, 4) is 0 Å². The number of alkyl halides is 3. The number of fused-ring (bicyclic) bond motifs is 1. The lowest BCUT2D eigenvalue weighted by Gasteiger charge is -2.31. The Morgan fingerprint density at radius 2 is 1.73 bits per heavy atom. The van der Waals surface area contributed by atoms with Crippen molar-refractivity contribution >= 4 is 16.9 Å². The lowest BCUT2D eigenvalue weighted by Crippen LogP contribution is -2.43. The summed E-state index contributed by atoms with van der Waals surface area (Å²) in [5, 5.41) is 5.14. The number of amides is 1. The van der Waals surface area contributed by atoms with E-state index in [0.717, 1.165) is 23.4 Å². The highest BCUT2D eigenvalue weighted by Crippen LogP contribution is 2.41. The summed E-state index contributed by atoms with van der Waals surface area (Å²) < 4.78 is 41.7. The Labute approximate surface area is 175 Å². The Morgan fingerprint density at radius 3 is 2.20 bits per heavy atom. The molecule has 1 aliphatic rings. The van der Waals surface area contributed by atoms with Gasteiger partial charge in [-0.2, -0.15) is 18.3 Å². The van der Waals surface area contributed by atoms with Gasteiger partial charge in [-0.25, -0.2) is 9.67 Å². The van der Waals surface area contributed by atoms with Crippen molar-refractivity contribution in [3.05, 3.63) is 23.0 Å². The Hall–Kier alpha value is -2.12. The van der Waals surface area contributed by atoms with Gasteiger partial charge < -0.3 is 4.90 Å². The Bertz CT molecular complexity index is 944. The Balaban J connectivity index is 2.19. The zero-order valence-corrected chi connectivity index (χ0v) is 18.8. The van der Waals surface area contributed by atoms with Gasteiger partial charge in [-0.05, 0) is 52.0 Å². The average molecular weight is 425 g/mol. The van der Waals surface area contributed by atoms with E-state index in [-0.39, 0.29) is 23.6 Å². The predicted octanol–water partition coefficient (Wildman–Crippen LogP) is 5.42. The van der Waals surface area contributed by atoms with Crippen molar-refractivity contribution in [3.63, 3.8) is 0 Å².